The summed E-state index contributed by atoms with van der Waals surface area (Å²) in [7, 11) is 0. The van der Waals surface area contributed by atoms with Crippen LogP contribution < -0.4 is 5.73 Å². The largest absolute Gasteiger partial charge is 0.335 e. The van der Waals surface area contributed by atoms with Crippen molar-refractivity contribution in [3.63, 3.8) is 0 Å². The number of hydrogen-bond acceptors (Lipinski definition) is 2. The minimum Gasteiger partial charge on any atom is -0.335 e. The lowest BCUT2D eigenvalue weighted by molar-refractivity contribution is -0.132. The van der Waals surface area contributed by atoms with E-state index in [-0.39, 0.29) is 18.5 Å². The molecule has 1 rings (SSSR count). The lowest BCUT2D eigenvalue weighted by atomic mass is 10.0. The average molecular weight is 248 g/mol. The second-order valence-electron chi connectivity index (χ2n) is 5.06. The molecule has 0 bridgehead atoms. The fourth-order valence-electron chi connectivity index (χ4n) is 1.96. The minimum absolute atomic E-state index is 0.0204. The maximum atomic E-state index is 11.9. The van der Waals surface area contributed by atoms with Crippen molar-refractivity contribution in [2.75, 3.05) is 13.1 Å². The Bertz CT molecular complexity index is 362. The van der Waals surface area contributed by atoms with Gasteiger partial charge in [-0.2, -0.15) is 0 Å². The highest BCUT2D eigenvalue weighted by Gasteiger charge is 2.20. The molecular formula is C15H24N2O. The standard InChI is InChI=1S/C15H24N2O/c1-12(2)9-10-17(15(18)11-16)13(3)14-7-5-4-6-8-14/h4-8,12-13H,9-11,16H2,1-3H3. The fourth-order valence-corrected chi connectivity index (χ4v) is 1.96. The van der Waals surface area contributed by atoms with Crippen molar-refractivity contribution in [1.82, 2.24) is 4.90 Å². The van der Waals surface area contributed by atoms with E-state index in [1.54, 1.807) is 0 Å². The molecule has 0 saturated carbocycles. The van der Waals surface area contributed by atoms with Gasteiger partial charge in [-0.05, 0) is 24.8 Å². The van der Waals surface area contributed by atoms with Crippen LogP contribution in [0.4, 0.5) is 0 Å². The predicted octanol–water partition coefficient (Wildman–Crippen LogP) is 2.58. The Morgan fingerprint density at radius 2 is 1.83 bits per heavy atom. The van der Waals surface area contributed by atoms with Crippen LogP contribution in [-0.2, 0) is 4.79 Å². The summed E-state index contributed by atoms with van der Waals surface area (Å²) in [6.07, 6.45) is 1.00. The number of nitrogens with two attached hydrogens (primary N) is 1. The summed E-state index contributed by atoms with van der Waals surface area (Å²) >= 11 is 0. The zero-order valence-electron chi connectivity index (χ0n) is 11.6. The Morgan fingerprint density at radius 3 is 2.33 bits per heavy atom. The van der Waals surface area contributed by atoms with E-state index in [0.29, 0.717) is 5.92 Å². The maximum Gasteiger partial charge on any atom is 0.236 e. The van der Waals surface area contributed by atoms with E-state index in [9.17, 15) is 4.79 Å². The molecule has 0 aliphatic carbocycles. The van der Waals surface area contributed by atoms with Crippen LogP contribution in [0.3, 0.4) is 0 Å². The van der Waals surface area contributed by atoms with E-state index >= 15 is 0 Å². The molecule has 0 aromatic heterocycles. The first kappa shape index (κ1) is 14.7. The van der Waals surface area contributed by atoms with Crippen LogP contribution in [0.15, 0.2) is 30.3 Å². The molecule has 1 unspecified atom stereocenters. The van der Waals surface area contributed by atoms with Gasteiger partial charge in [0, 0.05) is 6.54 Å². The first-order valence-corrected chi connectivity index (χ1v) is 6.60. The van der Waals surface area contributed by atoms with Crippen LogP contribution in [0.1, 0.15) is 38.8 Å². The van der Waals surface area contributed by atoms with Crippen LogP contribution >= 0.6 is 0 Å². The van der Waals surface area contributed by atoms with Crippen LogP contribution in [0.2, 0.25) is 0 Å². The number of amides is 1. The number of benzene rings is 1. The van der Waals surface area contributed by atoms with E-state index < -0.39 is 0 Å². The smallest absolute Gasteiger partial charge is 0.236 e. The molecule has 100 valence electrons. The summed E-state index contributed by atoms with van der Waals surface area (Å²) in [5.41, 5.74) is 6.66. The van der Waals surface area contributed by atoms with Crippen molar-refractivity contribution >= 4 is 5.91 Å². The topological polar surface area (TPSA) is 46.3 Å². The lowest BCUT2D eigenvalue weighted by Crippen LogP contribution is -2.39. The normalized spacial score (nSPS) is 12.5. The average Bonchev–Trinajstić information content (AvgIpc) is 2.39. The number of carbonyl (C=O) groups excluding carboxylic acids is 1. The van der Waals surface area contributed by atoms with E-state index in [1.165, 1.54) is 0 Å². The Morgan fingerprint density at radius 1 is 1.22 bits per heavy atom. The Labute approximate surface area is 110 Å². The lowest BCUT2D eigenvalue weighted by Gasteiger charge is -2.30. The quantitative estimate of drug-likeness (QED) is 0.841. The first-order chi connectivity index (χ1) is 8.56. The second kappa shape index (κ2) is 7.17. The summed E-state index contributed by atoms with van der Waals surface area (Å²) in [5, 5.41) is 0. The van der Waals surface area contributed by atoms with Gasteiger partial charge in [-0.3, -0.25) is 4.79 Å². The molecule has 1 atom stereocenters. The minimum atomic E-state index is 0.0204. The third kappa shape index (κ3) is 4.15. The van der Waals surface area contributed by atoms with Crippen molar-refractivity contribution < 1.29 is 4.79 Å². The molecule has 0 aliphatic heterocycles. The van der Waals surface area contributed by atoms with Gasteiger partial charge in [-0.15, -0.1) is 0 Å². The summed E-state index contributed by atoms with van der Waals surface area (Å²) in [6, 6.07) is 10.2. The zero-order chi connectivity index (χ0) is 13.5. The highest BCUT2D eigenvalue weighted by Crippen LogP contribution is 2.20. The molecule has 2 N–H and O–H groups in total. The van der Waals surface area contributed by atoms with E-state index in [2.05, 4.69) is 32.9 Å². The molecule has 1 aromatic carbocycles. The summed E-state index contributed by atoms with van der Waals surface area (Å²) < 4.78 is 0. The molecule has 3 heteroatoms. The third-order valence-corrected chi connectivity index (χ3v) is 3.19. The molecular weight excluding hydrogens is 224 g/mol. The monoisotopic (exact) mass is 248 g/mol. The Balaban J connectivity index is 2.79. The molecule has 0 radical (unpaired) electrons. The van der Waals surface area contributed by atoms with Crippen molar-refractivity contribution in [2.24, 2.45) is 11.7 Å². The van der Waals surface area contributed by atoms with E-state index in [0.717, 1.165) is 18.5 Å². The third-order valence-electron chi connectivity index (χ3n) is 3.19. The van der Waals surface area contributed by atoms with Gasteiger partial charge in [0.15, 0.2) is 0 Å². The van der Waals surface area contributed by atoms with Gasteiger partial charge >= 0.3 is 0 Å². The van der Waals surface area contributed by atoms with Crippen molar-refractivity contribution in [3.8, 4) is 0 Å². The number of rotatable bonds is 6. The van der Waals surface area contributed by atoms with Gasteiger partial charge in [-0.25, -0.2) is 0 Å². The molecule has 0 heterocycles. The highest BCUT2D eigenvalue weighted by atomic mass is 16.2. The van der Waals surface area contributed by atoms with Gasteiger partial charge in [-0.1, -0.05) is 44.2 Å². The molecule has 1 aromatic rings. The van der Waals surface area contributed by atoms with Gasteiger partial charge < -0.3 is 10.6 Å². The van der Waals surface area contributed by atoms with Crippen molar-refractivity contribution in [1.29, 1.82) is 0 Å². The SMILES string of the molecule is CC(C)CCN(C(=O)CN)C(C)c1ccccc1. The summed E-state index contributed by atoms with van der Waals surface area (Å²) in [4.78, 5) is 13.8. The number of carbonyl (C=O) groups is 1. The van der Waals surface area contributed by atoms with E-state index in [4.69, 9.17) is 5.73 Å². The first-order valence-electron chi connectivity index (χ1n) is 6.60. The molecule has 18 heavy (non-hydrogen) atoms. The van der Waals surface area contributed by atoms with Gasteiger partial charge in [0.1, 0.15) is 0 Å². The van der Waals surface area contributed by atoms with Crippen LogP contribution in [0.25, 0.3) is 0 Å². The zero-order valence-corrected chi connectivity index (χ0v) is 11.6. The van der Waals surface area contributed by atoms with Gasteiger partial charge in [0.05, 0.1) is 12.6 Å². The highest BCUT2D eigenvalue weighted by molar-refractivity contribution is 5.78. The van der Waals surface area contributed by atoms with Crippen molar-refractivity contribution in [3.05, 3.63) is 35.9 Å². The summed E-state index contributed by atoms with van der Waals surface area (Å²) in [5.74, 6) is 0.605. The van der Waals surface area contributed by atoms with Gasteiger partial charge in [0.25, 0.3) is 0 Å². The molecule has 0 spiro atoms. The molecule has 0 saturated heterocycles. The predicted molar refractivity (Wildman–Crippen MR) is 75.1 cm³/mol. The van der Waals surface area contributed by atoms with Crippen LogP contribution in [0, 0.1) is 5.92 Å². The molecule has 1 amide bonds. The maximum absolute atomic E-state index is 11.9. The van der Waals surface area contributed by atoms with Crippen LogP contribution in [-0.4, -0.2) is 23.9 Å². The number of nitrogens with zero attached hydrogens (tertiary/aromatic N) is 1. The molecule has 3 nitrogen and oxygen atoms in total. The fraction of sp³-hybridized carbons (Fsp3) is 0.533. The Kier molecular flexibility index (Phi) is 5.86. The van der Waals surface area contributed by atoms with E-state index in [1.807, 2.05) is 23.1 Å². The Hall–Kier alpha value is -1.35. The van der Waals surface area contributed by atoms with Crippen molar-refractivity contribution in [2.45, 2.75) is 33.2 Å². The molecule has 0 fully saturated rings. The molecule has 0 aliphatic rings. The second-order valence-corrected chi connectivity index (χ2v) is 5.06. The van der Waals surface area contributed by atoms with Gasteiger partial charge in [0.2, 0.25) is 5.91 Å². The summed E-state index contributed by atoms with van der Waals surface area (Å²) in [6.45, 7) is 7.23. The van der Waals surface area contributed by atoms with Crippen LogP contribution in [0.5, 0.6) is 0 Å². The number of hydrogen-bond donors (Lipinski definition) is 1.